The van der Waals surface area contributed by atoms with Crippen LogP contribution in [0.4, 0.5) is 14.5 Å². The van der Waals surface area contributed by atoms with Gasteiger partial charge in [-0.15, -0.1) is 11.3 Å². The van der Waals surface area contributed by atoms with Crippen molar-refractivity contribution in [1.82, 2.24) is 10.3 Å². The van der Waals surface area contributed by atoms with E-state index in [0.29, 0.717) is 6.54 Å². The zero-order valence-corrected chi connectivity index (χ0v) is 11.5. The smallest absolute Gasteiger partial charge is 0.253 e. The second-order valence-electron chi connectivity index (χ2n) is 4.33. The number of hydrogen-bond acceptors (Lipinski definition) is 4. The third kappa shape index (κ3) is 3.11. The van der Waals surface area contributed by atoms with E-state index in [4.69, 9.17) is 5.73 Å². The maximum absolute atomic E-state index is 13.1. The number of nitrogens with two attached hydrogens (primary N) is 1. The van der Waals surface area contributed by atoms with E-state index in [1.165, 1.54) is 11.3 Å². The lowest BCUT2D eigenvalue weighted by Gasteiger charge is -2.11. The number of nitrogen functional groups attached to an aromatic ring is 1. The number of carbonyl (C=O) groups is 1. The lowest BCUT2D eigenvalue weighted by molar-refractivity contribution is 0.0952. The van der Waals surface area contributed by atoms with E-state index in [1.807, 2.05) is 12.3 Å². The molecule has 0 radical (unpaired) electrons. The van der Waals surface area contributed by atoms with E-state index >= 15 is 0 Å². The number of hydrogen-bond donors (Lipinski definition) is 2. The van der Waals surface area contributed by atoms with Gasteiger partial charge < -0.3 is 11.1 Å². The Morgan fingerprint density at radius 3 is 2.80 bits per heavy atom. The summed E-state index contributed by atoms with van der Waals surface area (Å²) in [6, 6.07) is 1.60. The first-order valence-electron chi connectivity index (χ1n) is 5.91. The second-order valence-corrected chi connectivity index (χ2v) is 5.26. The number of nitrogens with one attached hydrogen (secondary N) is 1. The summed E-state index contributed by atoms with van der Waals surface area (Å²) in [5, 5.41) is 5.37. The van der Waals surface area contributed by atoms with Gasteiger partial charge in [0.25, 0.3) is 5.91 Å². The van der Waals surface area contributed by atoms with Crippen molar-refractivity contribution in [1.29, 1.82) is 0 Å². The Morgan fingerprint density at radius 2 is 2.15 bits per heavy atom. The van der Waals surface area contributed by atoms with Crippen LogP contribution in [0.3, 0.4) is 0 Å². The fourth-order valence-electron chi connectivity index (χ4n) is 1.67. The standard InChI is InChI=1S/C13H13F2N3OS/c1-7(13-17-2-3-20-13)6-18-12(19)8-4-9(14)10(15)5-11(8)16/h2-5,7H,6,16H2,1H3,(H,18,19). The number of aromatic nitrogens is 1. The molecule has 2 aromatic rings. The highest BCUT2D eigenvalue weighted by atomic mass is 32.1. The molecule has 2 rings (SSSR count). The van der Waals surface area contributed by atoms with Gasteiger partial charge in [-0.2, -0.15) is 0 Å². The fourth-order valence-corrected chi connectivity index (χ4v) is 2.36. The molecular formula is C13H13F2N3OS. The number of benzene rings is 1. The Balaban J connectivity index is 2.04. The van der Waals surface area contributed by atoms with Gasteiger partial charge in [-0.25, -0.2) is 13.8 Å². The average Bonchev–Trinajstić information content (AvgIpc) is 2.94. The Kier molecular flexibility index (Phi) is 4.29. The van der Waals surface area contributed by atoms with E-state index < -0.39 is 17.5 Å². The molecule has 106 valence electrons. The van der Waals surface area contributed by atoms with Crippen molar-refractivity contribution in [3.63, 3.8) is 0 Å². The fraction of sp³-hybridized carbons (Fsp3) is 0.231. The molecule has 0 saturated carbocycles. The van der Waals surface area contributed by atoms with Crippen molar-refractivity contribution in [2.24, 2.45) is 0 Å². The second kappa shape index (κ2) is 5.96. The van der Waals surface area contributed by atoms with Gasteiger partial charge in [-0.05, 0) is 6.07 Å². The average molecular weight is 297 g/mol. The monoisotopic (exact) mass is 297 g/mol. The van der Waals surface area contributed by atoms with Gasteiger partial charge in [0, 0.05) is 35.8 Å². The highest BCUT2D eigenvalue weighted by Crippen LogP contribution is 2.19. The van der Waals surface area contributed by atoms with Crippen LogP contribution in [0.2, 0.25) is 0 Å². The quantitative estimate of drug-likeness (QED) is 0.852. The Morgan fingerprint density at radius 1 is 1.45 bits per heavy atom. The zero-order valence-electron chi connectivity index (χ0n) is 10.7. The molecular weight excluding hydrogens is 284 g/mol. The maximum atomic E-state index is 13.1. The molecule has 0 bridgehead atoms. The lowest BCUT2D eigenvalue weighted by atomic mass is 10.1. The predicted octanol–water partition coefficient (Wildman–Crippen LogP) is 2.54. The molecule has 0 spiro atoms. The third-order valence-electron chi connectivity index (χ3n) is 2.78. The number of thiazole rings is 1. The minimum Gasteiger partial charge on any atom is -0.398 e. The summed E-state index contributed by atoms with van der Waals surface area (Å²) in [7, 11) is 0. The number of amides is 1. The minimum absolute atomic E-state index is 0.0328. The van der Waals surface area contributed by atoms with Crippen LogP contribution < -0.4 is 11.1 Å². The predicted molar refractivity (Wildman–Crippen MR) is 73.6 cm³/mol. The molecule has 1 aromatic heterocycles. The highest BCUT2D eigenvalue weighted by Gasteiger charge is 2.16. The van der Waals surface area contributed by atoms with Crippen molar-refractivity contribution in [3.8, 4) is 0 Å². The molecule has 1 atom stereocenters. The van der Waals surface area contributed by atoms with E-state index in [0.717, 1.165) is 17.1 Å². The SMILES string of the molecule is CC(CNC(=O)c1cc(F)c(F)cc1N)c1nccs1. The molecule has 0 aliphatic heterocycles. The Bertz CT molecular complexity index is 616. The molecule has 20 heavy (non-hydrogen) atoms. The van der Waals surface area contributed by atoms with Crippen LogP contribution in [0.5, 0.6) is 0 Å². The first-order chi connectivity index (χ1) is 9.49. The molecule has 1 heterocycles. The van der Waals surface area contributed by atoms with Crippen LogP contribution in [0.15, 0.2) is 23.7 Å². The van der Waals surface area contributed by atoms with Gasteiger partial charge >= 0.3 is 0 Å². The van der Waals surface area contributed by atoms with Gasteiger partial charge in [-0.1, -0.05) is 6.92 Å². The van der Waals surface area contributed by atoms with Crippen LogP contribution >= 0.6 is 11.3 Å². The van der Waals surface area contributed by atoms with Crippen molar-refractivity contribution in [3.05, 3.63) is 45.9 Å². The maximum Gasteiger partial charge on any atom is 0.253 e. The lowest BCUT2D eigenvalue weighted by Crippen LogP contribution is -2.28. The normalized spacial score (nSPS) is 12.2. The minimum atomic E-state index is -1.10. The first-order valence-corrected chi connectivity index (χ1v) is 6.79. The van der Waals surface area contributed by atoms with Gasteiger partial charge in [0.1, 0.15) is 0 Å². The number of halogens is 2. The molecule has 0 aliphatic carbocycles. The van der Waals surface area contributed by atoms with Crippen LogP contribution in [0.1, 0.15) is 28.2 Å². The van der Waals surface area contributed by atoms with Crippen molar-refractivity contribution in [2.75, 3.05) is 12.3 Å². The molecule has 7 heteroatoms. The third-order valence-corrected chi connectivity index (χ3v) is 3.79. The van der Waals surface area contributed by atoms with Gasteiger partial charge in [0.05, 0.1) is 10.6 Å². The molecule has 0 aliphatic rings. The van der Waals surface area contributed by atoms with Crippen molar-refractivity contribution in [2.45, 2.75) is 12.8 Å². The summed E-state index contributed by atoms with van der Waals surface area (Å²) in [4.78, 5) is 16.0. The molecule has 0 saturated heterocycles. The molecule has 1 aromatic carbocycles. The molecule has 0 fully saturated rings. The van der Waals surface area contributed by atoms with E-state index in [-0.39, 0.29) is 17.2 Å². The molecule has 1 unspecified atom stereocenters. The van der Waals surface area contributed by atoms with Crippen molar-refractivity contribution < 1.29 is 13.6 Å². The number of rotatable bonds is 4. The summed E-state index contributed by atoms with van der Waals surface area (Å²) < 4.78 is 26.1. The van der Waals surface area contributed by atoms with E-state index in [1.54, 1.807) is 6.20 Å². The highest BCUT2D eigenvalue weighted by molar-refractivity contribution is 7.09. The van der Waals surface area contributed by atoms with Crippen LogP contribution in [-0.2, 0) is 0 Å². The summed E-state index contributed by atoms with van der Waals surface area (Å²) in [5.41, 5.74) is 5.35. The van der Waals surface area contributed by atoms with Crippen molar-refractivity contribution >= 4 is 22.9 Å². The number of carbonyl (C=O) groups excluding carboxylic acids is 1. The molecule has 1 amide bonds. The number of nitrogens with zero attached hydrogens (tertiary/aromatic N) is 1. The van der Waals surface area contributed by atoms with E-state index in [2.05, 4.69) is 10.3 Å². The Hall–Kier alpha value is -2.02. The summed E-state index contributed by atoms with van der Waals surface area (Å²) in [6.07, 6.45) is 1.69. The van der Waals surface area contributed by atoms with Gasteiger partial charge in [0.2, 0.25) is 0 Å². The summed E-state index contributed by atoms with van der Waals surface area (Å²) in [6.45, 7) is 2.25. The number of anilines is 1. The zero-order chi connectivity index (χ0) is 14.7. The van der Waals surface area contributed by atoms with Crippen LogP contribution in [-0.4, -0.2) is 17.4 Å². The Labute approximate surface area is 118 Å². The van der Waals surface area contributed by atoms with Gasteiger partial charge in [-0.3, -0.25) is 4.79 Å². The van der Waals surface area contributed by atoms with Crippen LogP contribution in [0, 0.1) is 11.6 Å². The summed E-state index contributed by atoms with van der Waals surface area (Å²) in [5.74, 6) is -2.68. The molecule has 4 nitrogen and oxygen atoms in total. The summed E-state index contributed by atoms with van der Waals surface area (Å²) >= 11 is 1.49. The van der Waals surface area contributed by atoms with Gasteiger partial charge in [0.15, 0.2) is 11.6 Å². The topological polar surface area (TPSA) is 68.0 Å². The largest absolute Gasteiger partial charge is 0.398 e. The molecule has 3 N–H and O–H groups in total. The first kappa shape index (κ1) is 14.4. The van der Waals surface area contributed by atoms with Crippen LogP contribution in [0.25, 0.3) is 0 Å². The van der Waals surface area contributed by atoms with E-state index in [9.17, 15) is 13.6 Å².